The Bertz CT molecular complexity index is 477. The Morgan fingerprint density at radius 2 is 1.69 bits per heavy atom. The lowest BCUT2D eigenvalue weighted by Crippen LogP contribution is -2.36. The number of aromatic hydroxyl groups is 1. The molecule has 1 aromatic heterocycles. The topological polar surface area (TPSA) is 41.2 Å². The van der Waals surface area contributed by atoms with Crippen molar-refractivity contribution in [3.8, 4) is 5.75 Å². The third kappa shape index (κ3) is 2.45. The molecule has 16 heavy (non-hydrogen) atoms. The Labute approximate surface area is 93.6 Å². The second-order valence-electron chi connectivity index (χ2n) is 3.52. The number of rotatable bonds is 3. The Morgan fingerprint density at radius 3 is 2.31 bits per heavy atom. The maximum atomic E-state index is 11.8. The van der Waals surface area contributed by atoms with Gasteiger partial charge in [-0.05, 0) is 24.3 Å². The van der Waals surface area contributed by atoms with E-state index in [4.69, 9.17) is 5.11 Å². The molecular weight excluding hydrogens is 202 g/mol. The summed E-state index contributed by atoms with van der Waals surface area (Å²) >= 11 is 0. The first-order valence-electron chi connectivity index (χ1n) is 5.02. The highest BCUT2D eigenvalue weighted by Crippen LogP contribution is 2.09. The SMILES string of the molecule is O=C(C[n+]1ccccc1)c1ccc(O)cc1. The van der Waals surface area contributed by atoms with Gasteiger partial charge in [0.1, 0.15) is 5.75 Å². The van der Waals surface area contributed by atoms with E-state index in [2.05, 4.69) is 0 Å². The van der Waals surface area contributed by atoms with Crippen LogP contribution in [0.3, 0.4) is 0 Å². The normalized spacial score (nSPS) is 10.0. The van der Waals surface area contributed by atoms with Gasteiger partial charge < -0.3 is 5.11 Å². The van der Waals surface area contributed by atoms with E-state index in [1.807, 2.05) is 35.2 Å². The zero-order valence-electron chi connectivity index (χ0n) is 8.71. The van der Waals surface area contributed by atoms with Gasteiger partial charge in [-0.2, -0.15) is 4.57 Å². The van der Waals surface area contributed by atoms with Crippen molar-refractivity contribution in [1.29, 1.82) is 0 Å². The monoisotopic (exact) mass is 214 g/mol. The average Bonchev–Trinajstić information content (AvgIpc) is 2.31. The lowest BCUT2D eigenvalue weighted by atomic mass is 10.1. The van der Waals surface area contributed by atoms with Crippen LogP contribution in [0.1, 0.15) is 10.4 Å². The molecule has 80 valence electrons. The number of carbonyl (C=O) groups excluding carboxylic acids is 1. The minimum atomic E-state index is 0.0243. The summed E-state index contributed by atoms with van der Waals surface area (Å²) in [6.45, 7) is 0.311. The molecule has 1 aromatic carbocycles. The van der Waals surface area contributed by atoms with E-state index in [0.717, 1.165) is 0 Å². The molecule has 0 unspecified atom stereocenters. The Morgan fingerprint density at radius 1 is 1.06 bits per heavy atom. The summed E-state index contributed by atoms with van der Waals surface area (Å²) in [5, 5.41) is 9.11. The van der Waals surface area contributed by atoms with Gasteiger partial charge >= 0.3 is 0 Å². The van der Waals surface area contributed by atoms with Crippen molar-refractivity contribution in [3.63, 3.8) is 0 Å². The molecule has 0 atom stereocenters. The summed E-state index contributed by atoms with van der Waals surface area (Å²) < 4.78 is 1.81. The van der Waals surface area contributed by atoms with Crippen molar-refractivity contribution in [2.45, 2.75) is 6.54 Å². The third-order valence-corrected chi connectivity index (χ3v) is 2.29. The average molecular weight is 214 g/mol. The molecule has 3 heteroatoms. The molecule has 0 bridgehead atoms. The van der Waals surface area contributed by atoms with Crippen LogP contribution in [-0.4, -0.2) is 10.9 Å². The Kier molecular flexibility index (Phi) is 2.96. The van der Waals surface area contributed by atoms with Crippen molar-refractivity contribution in [3.05, 3.63) is 60.4 Å². The number of carbonyl (C=O) groups is 1. The number of aromatic nitrogens is 1. The number of hydrogen-bond donors (Lipinski definition) is 1. The quantitative estimate of drug-likeness (QED) is 0.622. The molecule has 0 saturated heterocycles. The highest BCUT2D eigenvalue weighted by molar-refractivity contribution is 5.95. The minimum Gasteiger partial charge on any atom is -0.508 e. The van der Waals surface area contributed by atoms with Gasteiger partial charge in [0, 0.05) is 17.7 Å². The van der Waals surface area contributed by atoms with Crippen molar-refractivity contribution >= 4 is 5.78 Å². The summed E-state index contributed by atoms with van der Waals surface area (Å²) in [4.78, 5) is 11.8. The van der Waals surface area contributed by atoms with Crippen LogP contribution in [0.2, 0.25) is 0 Å². The highest BCUT2D eigenvalue weighted by Gasteiger charge is 2.10. The van der Waals surface area contributed by atoms with Gasteiger partial charge in [-0.15, -0.1) is 0 Å². The van der Waals surface area contributed by atoms with E-state index in [0.29, 0.717) is 12.1 Å². The molecule has 1 N–H and O–H groups in total. The van der Waals surface area contributed by atoms with Crippen molar-refractivity contribution in [1.82, 2.24) is 0 Å². The van der Waals surface area contributed by atoms with Crippen LogP contribution in [0.5, 0.6) is 5.75 Å². The number of pyridine rings is 1. The lowest BCUT2D eigenvalue weighted by molar-refractivity contribution is -0.683. The van der Waals surface area contributed by atoms with Gasteiger partial charge in [0.25, 0.3) is 0 Å². The van der Waals surface area contributed by atoms with Gasteiger partial charge in [0.15, 0.2) is 12.4 Å². The first-order valence-corrected chi connectivity index (χ1v) is 5.02. The Hall–Kier alpha value is -2.16. The number of ketones is 1. The summed E-state index contributed by atoms with van der Waals surface area (Å²) in [5.74, 6) is 0.195. The molecule has 2 aromatic rings. The van der Waals surface area contributed by atoms with Gasteiger partial charge in [0.05, 0.1) is 0 Å². The number of phenols is 1. The molecule has 0 amide bonds. The zero-order chi connectivity index (χ0) is 11.4. The van der Waals surface area contributed by atoms with E-state index in [1.54, 1.807) is 12.1 Å². The predicted molar refractivity (Wildman–Crippen MR) is 59.1 cm³/mol. The lowest BCUT2D eigenvalue weighted by Gasteiger charge is -1.98. The van der Waals surface area contributed by atoms with Crippen LogP contribution in [0.15, 0.2) is 54.9 Å². The first-order chi connectivity index (χ1) is 7.75. The largest absolute Gasteiger partial charge is 0.508 e. The van der Waals surface area contributed by atoms with Crippen LogP contribution in [0.25, 0.3) is 0 Å². The molecule has 0 aliphatic carbocycles. The van der Waals surface area contributed by atoms with Gasteiger partial charge in [0.2, 0.25) is 12.3 Å². The summed E-state index contributed by atoms with van der Waals surface area (Å²) in [7, 11) is 0. The zero-order valence-corrected chi connectivity index (χ0v) is 8.71. The number of Topliss-reactive ketones (excluding diaryl/α,β-unsaturated/α-hetero) is 1. The Balaban J connectivity index is 2.12. The van der Waals surface area contributed by atoms with Gasteiger partial charge in [-0.25, -0.2) is 0 Å². The van der Waals surface area contributed by atoms with Crippen molar-refractivity contribution < 1.29 is 14.5 Å². The highest BCUT2D eigenvalue weighted by atomic mass is 16.3. The second kappa shape index (κ2) is 4.57. The van der Waals surface area contributed by atoms with E-state index in [1.165, 1.54) is 12.1 Å². The standard InChI is InChI=1S/C13H11NO2/c15-12-6-4-11(5-7-12)13(16)10-14-8-2-1-3-9-14/h1-9H,10H2/p+1. The van der Waals surface area contributed by atoms with Crippen LogP contribution in [0.4, 0.5) is 0 Å². The van der Waals surface area contributed by atoms with Crippen LogP contribution >= 0.6 is 0 Å². The maximum absolute atomic E-state index is 11.8. The van der Waals surface area contributed by atoms with Crippen molar-refractivity contribution in [2.24, 2.45) is 0 Å². The second-order valence-corrected chi connectivity index (χ2v) is 3.52. The predicted octanol–water partition coefficient (Wildman–Crippen LogP) is 1.56. The first kappa shape index (κ1) is 10.4. The molecule has 0 saturated carbocycles. The molecule has 0 radical (unpaired) electrons. The summed E-state index contributed by atoms with van der Waals surface area (Å²) in [6, 6.07) is 11.9. The molecule has 2 rings (SSSR count). The third-order valence-electron chi connectivity index (χ3n) is 2.29. The maximum Gasteiger partial charge on any atom is 0.227 e. The summed E-state index contributed by atoms with van der Waals surface area (Å²) in [5.41, 5.74) is 0.606. The van der Waals surface area contributed by atoms with Gasteiger partial charge in [-0.1, -0.05) is 6.07 Å². The molecule has 0 spiro atoms. The molecule has 0 aliphatic heterocycles. The van der Waals surface area contributed by atoms with Gasteiger partial charge in [-0.3, -0.25) is 4.79 Å². The van der Waals surface area contributed by atoms with E-state index >= 15 is 0 Å². The minimum absolute atomic E-state index is 0.0243. The molecular formula is C13H12NO2+. The molecule has 3 nitrogen and oxygen atoms in total. The fourth-order valence-electron chi connectivity index (χ4n) is 1.44. The van der Waals surface area contributed by atoms with Crippen LogP contribution in [0, 0.1) is 0 Å². The van der Waals surface area contributed by atoms with E-state index < -0.39 is 0 Å². The number of phenolic OH excluding ortho intramolecular Hbond substituents is 1. The van der Waals surface area contributed by atoms with Crippen LogP contribution < -0.4 is 4.57 Å². The molecule has 1 heterocycles. The fraction of sp³-hybridized carbons (Fsp3) is 0.0769. The smallest absolute Gasteiger partial charge is 0.227 e. The molecule has 0 aliphatic rings. The van der Waals surface area contributed by atoms with E-state index in [-0.39, 0.29) is 11.5 Å². The molecule has 0 fully saturated rings. The summed E-state index contributed by atoms with van der Waals surface area (Å²) in [6.07, 6.45) is 3.69. The van der Waals surface area contributed by atoms with E-state index in [9.17, 15) is 4.79 Å². The van der Waals surface area contributed by atoms with Crippen molar-refractivity contribution in [2.75, 3.05) is 0 Å². The van der Waals surface area contributed by atoms with Crippen LogP contribution in [-0.2, 0) is 6.54 Å². The fourth-order valence-corrected chi connectivity index (χ4v) is 1.44. The number of nitrogens with zero attached hydrogens (tertiary/aromatic N) is 1. The number of hydrogen-bond acceptors (Lipinski definition) is 2. The number of benzene rings is 1.